The highest BCUT2D eigenvalue weighted by molar-refractivity contribution is 7.11. The molecule has 1 fully saturated rings. The number of nitrogens with zero attached hydrogens (tertiary/aromatic N) is 2. The summed E-state index contributed by atoms with van der Waals surface area (Å²) in [6.45, 7) is 4.01. The summed E-state index contributed by atoms with van der Waals surface area (Å²) in [6, 6.07) is 0. The summed E-state index contributed by atoms with van der Waals surface area (Å²) in [5.74, 6) is -0.696. The molecule has 6 nitrogen and oxygen atoms in total. The highest BCUT2D eigenvalue weighted by Gasteiger charge is 2.25. The van der Waals surface area contributed by atoms with Gasteiger partial charge in [-0.3, -0.25) is 9.59 Å². The second-order valence-corrected chi connectivity index (χ2v) is 6.86. The summed E-state index contributed by atoms with van der Waals surface area (Å²) >= 11 is 1.07. The molecule has 0 aromatic carbocycles. The molecule has 1 saturated heterocycles. The molecule has 0 unspecified atom stereocenters. The fraction of sp³-hybridized carbons (Fsp3) is 0.643. The van der Waals surface area contributed by atoms with Gasteiger partial charge < -0.3 is 15.3 Å². The Bertz CT molecular complexity index is 548. The molecule has 22 heavy (non-hydrogen) atoms. The van der Waals surface area contributed by atoms with Gasteiger partial charge in [0, 0.05) is 25.0 Å². The molecule has 0 spiro atoms. The van der Waals surface area contributed by atoms with Crippen molar-refractivity contribution in [2.24, 2.45) is 0 Å². The van der Waals surface area contributed by atoms with Crippen molar-refractivity contribution in [3.63, 3.8) is 0 Å². The lowest BCUT2D eigenvalue weighted by molar-refractivity contribution is 0.0660. The minimum atomic E-state index is -1.01. The normalized spacial score (nSPS) is 16.6. The molecule has 122 valence electrons. The summed E-state index contributed by atoms with van der Waals surface area (Å²) in [5, 5.41) is 13.8. The van der Waals surface area contributed by atoms with E-state index in [1.807, 2.05) is 0 Å². The maximum Gasteiger partial charge on any atom is 0.280 e. The summed E-state index contributed by atoms with van der Waals surface area (Å²) < 4.78 is 13.1. The van der Waals surface area contributed by atoms with E-state index in [4.69, 9.17) is 0 Å². The van der Waals surface area contributed by atoms with Crippen LogP contribution in [0.3, 0.4) is 0 Å². The van der Waals surface area contributed by atoms with Gasteiger partial charge in [-0.25, -0.2) is 9.37 Å². The second kappa shape index (κ2) is 6.70. The lowest BCUT2D eigenvalue weighted by atomic mass is 10.1. The second-order valence-electron chi connectivity index (χ2n) is 6.00. The third kappa shape index (κ3) is 4.48. The Morgan fingerprint density at radius 3 is 2.73 bits per heavy atom. The molecular weight excluding hydrogens is 309 g/mol. The van der Waals surface area contributed by atoms with Crippen molar-refractivity contribution in [2.75, 3.05) is 19.6 Å². The SMILES string of the molecule is CC(C)(O)CNC(=O)c1nc(C(=O)N2CCC(F)CC2)cs1. The van der Waals surface area contributed by atoms with Gasteiger partial charge in [-0.1, -0.05) is 0 Å². The smallest absolute Gasteiger partial charge is 0.280 e. The Kier molecular flexibility index (Phi) is 5.12. The quantitative estimate of drug-likeness (QED) is 0.870. The number of aliphatic hydroxyl groups is 1. The van der Waals surface area contributed by atoms with Crippen LogP contribution in [0.1, 0.15) is 47.0 Å². The molecule has 1 aliphatic heterocycles. The maximum atomic E-state index is 13.1. The van der Waals surface area contributed by atoms with Crippen molar-refractivity contribution < 1.29 is 19.1 Å². The van der Waals surface area contributed by atoms with Gasteiger partial charge in [0.15, 0.2) is 5.01 Å². The van der Waals surface area contributed by atoms with Crippen LogP contribution in [0.2, 0.25) is 0 Å². The molecule has 1 aliphatic rings. The van der Waals surface area contributed by atoms with Crippen LogP contribution in [0.25, 0.3) is 0 Å². The van der Waals surface area contributed by atoms with Crippen LogP contribution >= 0.6 is 11.3 Å². The van der Waals surface area contributed by atoms with Gasteiger partial charge in [0.1, 0.15) is 11.9 Å². The summed E-state index contributed by atoms with van der Waals surface area (Å²) in [5.41, 5.74) is -0.807. The van der Waals surface area contributed by atoms with Crippen LogP contribution < -0.4 is 5.32 Å². The average molecular weight is 329 g/mol. The van der Waals surface area contributed by atoms with Crippen molar-refractivity contribution in [1.29, 1.82) is 0 Å². The van der Waals surface area contributed by atoms with Crippen molar-refractivity contribution in [1.82, 2.24) is 15.2 Å². The number of carbonyl (C=O) groups is 2. The minimum Gasteiger partial charge on any atom is -0.389 e. The number of aromatic nitrogens is 1. The zero-order valence-electron chi connectivity index (χ0n) is 12.6. The Labute approximate surface area is 132 Å². The van der Waals surface area contributed by atoms with Crippen LogP contribution in [-0.2, 0) is 0 Å². The van der Waals surface area contributed by atoms with E-state index in [9.17, 15) is 19.1 Å². The van der Waals surface area contributed by atoms with Crippen LogP contribution in [-0.4, -0.2) is 58.2 Å². The third-order valence-corrected chi connectivity index (χ3v) is 4.15. The predicted molar refractivity (Wildman–Crippen MR) is 80.8 cm³/mol. The minimum absolute atomic E-state index is 0.0959. The highest BCUT2D eigenvalue weighted by atomic mass is 32.1. The van der Waals surface area contributed by atoms with E-state index in [-0.39, 0.29) is 23.2 Å². The zero-order chi connectivity index (χ0) is 16.3. The lowest BCUT2D eigenvalue weighted by Gasteiger charge is -2.27. The Morgan fingerprint density at radius 2 is 2.14 bits per heavy atom. The molecule has 0 bridgehead atoms. The summed E-state index contributed by atoms with van der Waals surface area (Å²) in [4.78, 5) is 29.7. The number of thiazole rings is 1. The van der Waals surface area contributed by atoms with E-state index in [2.05, 4.69) is 10.3 Å². The topological polar surface area (TPSA) is 82.5 Å². The van der Waals surface area contributed by atoms with E-state index in [1.54, 1.807) is 18.7 Å². The van der Waals surface area contributed by atoms with Gasteiger partial charge in [-0.15, -0.1) is 11.3 Å². The number of amides is 2. The van der Waals surface area contributed by atoms with E-state index in [0.29, 0.717) is 25.9 Å². The van der Waals surface area contributed by atoms with Crippen LogP contribution in [0.5, 0.6) is 0 Å². The number of nitrogens with one attached hydrogen (secondary N) is 1. The monoisotopic (exact) mass is 329 g/mol. The molecule has 2 rings (SSSR count). The van der Waals surface area contributed by atoms with Crippen LogP contribution in [0.15, 0.2) is 5.38 Å². The summed E-state index contributed by atoms with van der Waals surface area (Å²) in [6.07, 6.45) is -0.161. The number of hydrogen-bond acceptors (Lipinski definition) is 5. The molecule has 0 radical (unpaired) electrons. The van der Waals surface area contributed by atoms with E-state index >= 15 is 0 Å². The zero-order valence-corrected chi connectivity index (χ0v) is 13.5. The molecule has 2 amide bonds. The lowest BCUT2D eigenvalue weighted by Crippen LogP contribution is -2.39. The first-order chi connectivity index (χ1) is 10.3. The molecule has 0 aliphatic carbocycles. The standard InChI is InChI=1S/C14H20FN3O3S/c1-14(2,21)8-16-11(19)12-17-10(7-22-12)13(20)18-5-3-9(15)4-6-18/h7,9,21H,3-6,8H2,1-2H3,(H,16,19). The molecule has 1 aromatic heterocycles. The predicted octanol–water partition coefficient (Wildman–Crippen LogP) is 1.22. The first kappa shape index (κ1) is 16.8. The van der Waals surface area contributed by atoms with Gasteiger partial charge in [0.25, 0.3) is 11.8 Å². The van der Waals surface area contributed by atoms with Crippen LogP contribution in [0, 0.1) is 0 Å². The van der Waals surface area contributed by atoms with Crippen molar-refractivity contribution in [2.45, 2.75) is 38.5 Å². The van der Waals surface area contributed by atoms with Crippen molar-refractivity contribution in [3.05, 3.63) is 16.1 Å². The number of rotatable bonds is 4. The van der Waals surface area contributed by atoms with E-state index in [1.165, 1.54) is 5.38 Å². The van der Waals surface area contributed by atoms with Crippen LogP contribution in [0.4, 0.5) is 4.39 Å². The van der Waals surface area contributed by atoms with E-state index in [0.717, 1.165) is 11.3 Å². The van der Waals surface area contributed by atoms with Gasteiger partial charge >= 0.3 is 0 Å². The molecule has 8 heteroatoms. The number of hydrogen-bond donors (Lipinski definition) is 2. The number of carbonyl (C=O) groups excluding carboxylic acids is 2. The fourth-order valence-electron chi connectivity index (χ4n) is 2.06. The molecule has 0 saturated carbocycles. The molecule has 0 atom stereocenters. The van der Waals surface area contributed by atoms with E-state index < -0.39 is 17.7 Å². The largest absolute Gasteiger partial charge is 0.389 e. The van der Waals surface area contributed by atoms with Crippen molar-refractivity contribution >= 4 is 23.2 Å². The van der Waals surface area contributed by atoms with Crippen molar-refractivity contribution in [3.8, 4) is 0 Å². The first-order valence-corrected chi connectivity index (χ1v) is 8.04. The highest BCUT2D eigenvalue weighted by Crippen LogP contribution is 2.17. The number of piperidine rings is 1. The fourth-order valence-corrected chi connectivity index (χ4v) is 2.77. The van der Waals surface area contributed by atoms with Gasteiger partial charge in [0.2, 0.25) is 0 Å². The average Bonchev–Trinajstić information content (AvgIpc) is 2.94. The molecule has 1 aromatic rings. The Hall–Kier alpha value is -1.54. The maximum absolute atomic E-state index is 13.1. The number of alkyl halides is 1. The Morgan fingerprint density at radius 1 is 1.50 bits per heavy atom. The molecule has 2 heterocycles. The molecular formula is C14H20FN3O3S. The van der Waals surface area contributed by atoms with Gasteiger partial charge in [-0.05, 0) is 26.7 Å². The number of halogens is 1. The molecule has 2 N–H and O–H groups in total. The van der Waals surface area contributed by atoms with Gasteiger partial charge in [0.05, 0.1) is 5.60 Å². The summed E-state index contributed by atoms with van der Waals surface area (Å²) in [7, 11) is 0. The number of likely N-dealkylation sites (tertiary alicyclic amines) is 1. The van der Waals surface area contributed by atoms with Gasteiger partial charge in [-0.2, -0.15) is 0 Å². The Balaban J connectivity index is 1.96. The third-order valence-electron chi connectivity index (χ3n) is 3.31. The first-order valence-electron chi connectivity index (χ1n) is 7.16.